The molecule has 0 spiro atoms. The highest BCUT2D eigenvalue weighted by atomic mass is 35.5. The summed E-state index contributed by atoms with van der Waals surface area (Å²) in [6, 6.07) is 7.68. The summed E-state index contributed by atoms with van der Waals surface area (Å²) in [5.41, 5.74) is 2.12. The van der Waals surface area contributed by atoms with E-state index in [0.717, 1.165) is 30.0 Å². The maximum atomic E-state index is 6.13. The summed E-state index contributed by atoms with van der Waals surface area (Å²) in [4.78, 5) is 0. The Kier molecular flexibility index (Phi) is 5.04. The Labute approximate surface area is 124 Å². The van der Waals surface area contributed by atoms with Gasteiger partial charge in [-0.25, -0.2) is 0 Å². The highest BCUT2D eigenvalue weighted by Gasteiger charge is 2.20. The first-order chi connectivity index (χ1) is 9.71. The van der Waals surface area contributed by atoms with E-state index in [-0.39, 0.29) is 6.04 Å². The first-order valence-corrected chi connectivity index (χ1v) is 7.11. The second kappa shape index (κ2) is 6.77. The van der Waals surface area contributed by atoms with Crippen molar-refractivity contribution in [2.45, 2.75) is 25.9 Å². The summed E-state index contributed by atoms with van der Waals surface area (Å²) < 4.78 is 7.47. The SMILES string of the molecule is CCCn1nccc1C(NC)c1cc(Cl)ccc1OC. The molecule has 0 bridgehead atoms. The van der Waals surface area contributed by atoms with Crippen molar-refractivity contribution in [1.29, 1.82) is 0 Å². The molecule has 1 aromatic heterocycles. The van der Waals surface area contributed by atoms with E-state index in [4.69, 9.17) is 16.3 Å². The van der Waals surface area contributed by atoms with Crippen LogP contribution in [0.3, 0.4) is 0 Å². The molecule has 0 saturated carbocycles. The molecule has 0 fully saturated rings. The fourth-order valence-electron chi connectivity index (χ4n) is 2.38. The lowest BCUT2D eigenvalue weighted by molar-refractivity contribution is 0.403. The van der Waals surface area contributed by atoms with Crippen LogP contribution in [0.25, 0.3) is 0 Å². The predicted octanol–water partition coefficient (Wildman–Crippen LogP) is 3.26. The van der Waals surface area contributed by atoms with E-state index in [1.54, 1.807) is 7.11 Å². The van der Waals surface area contributed by atoms with Crippen molar-refractivity contribution in [3.8, 4) is 5.75 Å². The second-order valence-electron chi connectivity index (χ2n) is 4.59. The Morgan fingerprint density at radius 1 is 1.40 bits per heavy atom. The average Bonchev–Trinajstić information content (AvgIpc) is 2.89. The second-order valence-corrected chi connectivity index (χ2v) is 5.02. The summed E-state index contributed by atoms with van der Waals surface area (Å²) in [5.74, 6) is 0.818. The van der Waals surface area contributed by atoms with E-state index < -0.39 is 0 Å². The fourth-order valence-corrected chi connectivity index (χ4v) is 2.56. The van der Waals surface area contributed by atoms with Gasteiger partial charge in [0.25, 0.3) is 0 Å². The van der Waals surface area contributed by atoms with Gasteiger partial charge in [-0.2, -0.15) is 5.10 Å². The van der Waals surface area contributed by atoms with Gasteiger partial charge in [-0.3, -0.25) is 4.68 Å². The van der Waals surface area contributed by atoms with Crippen LogP contribution in [-0.4, -0.2) is 23.9 Å². The highest BCUT2D eigenvalue weighted by molar-refractivity contribution is 6.30. The van der Waals surface area contributed by atoms with Crippen LogP contribution in [-0.2, 0) is 6.54 Å². The van der Waals surface area contributed by atoms with Crippen LogP contribution in [0.1, 0.15) is 30.6 Å². The summed E-state index contributed by atoms with van der Waals surface area (Å²) >= 11 is 6.13. The summed E-state index contributed by atoms with van der Waals surface area (Å²) in [7, 11) is 3.59. The molecule has 0 saturated heterocycles. The number of aromatic nitrogens is 2. The first-order valence-electron chi connectivity index (χ1n) is 6.73. The molecule has 1 aromatic carbocycles. The van der Waals surface area contributed by atoms with Crippen molar-refractivity contribution in [3.05, 3.63) is 46.7 Å². The van der Waals surface area contributed by atoms with Gasteiger partial charge in [0.05, 0.1) is 18.8 Å². The van der Waals surface area contributed by atoms with E-state index in [1.165, 1.54) is 0 Å². The van der Waals surface area contributed by atoms with Gasteiger partial charge in [0.1, 0.15) is 5.75 Å². The molecule has 5 heteroatoms. The van der Waals surface area contributed by atoms with Crippen LogP contribution in [0.4, 0.5) is 0 Å². The lowest BCUT2D eigenvalue weighted by Crippen LogP contribution is -2.22. The summed E-state index contributed by atoms with van der Waals surface area (Å²) in [5, 5.41) is 8.40. The Morgan fingerprint density at radius 3 is 2.85 bits per heavy atom. The van der Waals surface area contributed by atoms with E-state index >= 15 is 0 Å². The van der Waals surface area contributed by atoms with Gasteiger partial charge < -0.3 is 10.1 Å². The molecule has 2 aromatic rings. The molecule has 2 rings (SSSR count). The van der Waals surface area contributed by atoms with Gasteiger partial charge in [0, 0.05) is 23.3 Å². The molecule has 20 heavy (non-hydrogen) atoms. The molecular formula is C15H20ClN3O. The number of halogens is 1. The summed E-state index contributed by atoms with van der Waals surface area (Å²) in [6.45, 7) is 3.03. The molecule has 1 unspecified atom stereocenters. The molecule has 108 valence electrons. The third kappa shape index (κ3) is 2.97. The monoisotopic (exact) mass is 293 g/mol. The van der Waals surface area contributed by atoms with E-state index in [2.05, 4.69) is 17.3 Å². The molecule has 1 atom stereocenters. The number of aryl methyl sites for hydroxylation is 1. The van der Waals surface area contributed by atoms with Crippen LogP contribution in [0, 0.1) is 0 Å². The van der Waals surface area contributed by atoms with Crippen molar-refractivity contribution < 1.29 is 4.74 Å². The minimum Gasteiger partial charge on any atom is -0.496 e. The smallest absolute Gasteiger partial charge is 0.124 e. The molecular weight excluding hydrogens is 274 g/mol. The first kappa shape index (κ1) is 14.9. The number of nitrogens with one attached hydrogen (secondary N) is 1. The Morgan fingerprint density at radius 2 is 2.20 bits per heavy atom. The van der Waals surface area contributed by atoms with Crippen LogP contribution < -0.4 is 10.1 Å². The lowest BCUT2D eigenvalue weighted by Gasteiger charge is -2.21. The molecule has 0 radical (unpaired) electrons. The molecule has 0 amide bonds. The number of nitrogens with zero attached hydrogens (tertiary/aromatic N) is 2. The van der Waals surface area contributed by atoms with E-state index in [9.17, 15) is 0 Å². The minimum absolute atomic E-state index is 0.00213. The molecule has 0 aliphatic heterocycles. The average molecular weight is 294 g/mol. The number of methoxy groups -OCH3 is 1. The standard InChI is InChI=1S/C15H20ClN3O/c1-4-9-19-13(7-8-18-19)15(17-2)12-10-11(16)5-6-14(12)20-3/h5-8,10,15,17H,4,9H2,1-3H3. The molecule has 0 aliphatic rings. The van der Waals surface area contributed by atoms with Gasteiger partial charge in [-0.05, 0) is 37.7 Å². The van der Waals surface area contributed by atoms with Crippen molar-refractivity contribution in [2.24, 2.45) is 0 Å². The van der Waals surface area contributed by atoms with E-state index in [0.29, 0.717) is 5.02 Å². The van der Waals surface area contributed by atoms with Crippen molar-refractivity contribution in [2.75, 3.05) is 14.2 Å². The predicted molar refractivity (Wildman–Crippen MR) is 81.4 cm³/mol. The third-order valence-corrected chi connectivity index (χ3v) is 3.51. The van der Waals surface area contributed by atoms with Crippen LogP contribution >= 0.6 is 11.6 Å². The van der Waals surface area contributed by atoms with Gasteiger partial charge >= 0.3 is 0 Å². The molecule has 4 nitrogen and oxygen atoms in total. The van der Waals surface area contributed by atoms with Crippen LogP contribution in [0.2, 0.25) is 5.02 Å². The highest BCUT2D eigenvalue weighted by Crippen LogP contribution is 2.32. The maximum Gasteiger partial charge on any atom is 0.124 e. The van der Waals surface area contributed by atoms with Crippen LogP contribution in [0.5, 0.6) is 5.75 Å². The maximum absolute atomic E-state index is 6.13. The number of rotatable bonds is 6. The van der Waals surface area contributed by atoms with Crippen molar-refractivity contribution >= 4 is 11.6 Å². The van der Waals surface area contributed by atoms with Gasteiger partial charge in [0.2, 0.25) is 0 Å². The number of ether oxygens (including phenoxy) is 1. The molecule has 0 aliphatic carbocycles. The van der Waals surface area contributed by atoms with Crippen molar-refractivity contribution in [1.82, 2.24) is 15.1 Å². The largest absolute Gasteiger partial charge is 0.496 e. The quantitative estimate of drug-likeness (QED) is 0.888. The number of hydrogen-bond donors (Lipinski definition) is 1. The topological polar surface area (TPSA) is 39.1 Å². The van der Waals surface area contributed by atoms with Crippen molar-refractivity contribution in [3.63, 3.8) is 0 Å². The Hall–Kier alpha value is -1.52. The summed E-state index contributed by atoms with van der Waals surface area (Å²) in [6.07, 6.45) is 2.87. The fraction of sp³-hybridized carbons (Fsp3) is 0.400. The lowest BCUT2D eigenvalue weighted by atomic mass is 10.0. The Balaban J connectivity index is 2.46. The minimum atomic E-state index is -0.00213. The van der Waals surface area contributed by atoms with Crippen LogP contribution in [0.15, 0.2) is 30.5 Å². The van der Waals surface area contributed by atoms with E-state index in [1.807, 2.05) is 42.2 Å². The number of hydrogen-bond acceptors (Lipinski definition) is 3. The zero-order valence-corrected chi connectivity index (χ0v) is 12.8. The van der Waals surface area contributed by atoms with Gasteiger partial charge in [0.15, 0.2) is 0 Å². The van der Waals surface area contributed by atoms with Gasteiger partial charge in [-0.1, -0.05) is 18.5 Å². The Bertz CT molecular complexity index is 568. The van der Waals surface area contributed by atoms with Gasteiger partial charge in [-0.15, -0.1) is 0 Å². The number of benzene rings is 1. The molecule has 1 heterocycles. The molecule has 1 N–H and O–H groups in total. The third-order valence-electron chi connectivity index (χ3n) is 3.27. The zero-order valence-electron chi connectivity index (χ0n) is 12.1. The normalized spacial score (nSPS) is 12.4. The zero-order chi connectivity index (χ0) is 14.5.